The van der Waals surface area contributed by atoms with Crippen LogP contribution >= 0.6 is 11.6 Å². The Morgan fingerprint density at radius 3 is 2.80 bits per heavy atom. The predicted octanol–water partition coefficient (Wildman–Crippen LogP) is 2.20. The quantitative estimate of drug-likeness (QED) is 0.813. The van der Waals surface area contributed by atoms with Crippen molar-refractivity contribution >= 4 is 17.4 Å². The standard InChI is InChI=1S/C16H23ClF2N4O2/c1-15(24)4-3-5-23(9-15)13-6-12(17)20-14(21-13)25-8-11-7-16(18,19)10-22(11)2/h6,11,24H,3-5,7-10H2,1-2H3/t11-,15+/m0/s1. The third kappa shape index (κ3) is 4.68. The Balaban J connectivity index is 1.68. The second-order valence-corrected chi connectivity index (χ2v) is 7.68. The van der Waals surface area contributed by atoms with Crippen LogP contribution in [0.2, 0.25) is 5.15 Å². The third-order valence-electron chi connectivity index (χ3n) is 4.70. The normalized spacial score (nSPS) is 29.8. The van der Waals surface area contributed by atoms with Crippen LogP contribution in [0.1, 0.15) is 26.2 Å². The zero-order chi connectivity index (χ0) is 18.2. The minimum Gasteiger partial charge on any atom is -0.462 e. The summed E-state index contributed by atoms with van der Waals surface area (Å²) in [6.07, 6.45) is 1.33. The molecule has 0 bridgehead atoms. The molecule has 3 heterocycles. The number of hydrogen-bond acceptors (Lipinski definition) is 6. The van der Waals surface area contributed by atoms with Gasteiger partial charge in [-0.25, -0.2) is 8.78 Å². The first-order chi connectivity index (χ1) is 11.6. The molecular weight excluding hydrogens is 354 g/mol. The summed E-state index contributed by atoms with van der Waals surface area (Å²) in [7, 11) is 1.65. The summed E-state index contributed by atoms with van der Waals surface area (Å²) in [5, 5.41) is 10.5. The van der Waals surface area contributed by atoms with Crippen LogP contribution in [0.15, 0.2) is 6.07 Å². The minimum absolute atomic E-state index is 0.0660. The van der Waals surface area contributed by atoms with Crippen molar-refractivity contribution in [2.24, 2.45) is 0 Å². The van der Waals surface area contributed by atoms with Crippen LogP contribution in [-0.2, 0) is 0 Å². The number of likely N-dealkylation sites (tertiary alicyclic amines) is 1. The van der Waals surface area contributed by atoms with Gasteiger partial charge < -0.3 is 14.7 Å². The molecular formula is C16H23ClF2N4O2. The van der Waals surface area contributed by atoms with Gasteiger partial charge in [-0.2, -0.15) is 9.97 Å². The highest BCUT2D eigenvalue weighted by molar-refractivity contribution is 6.29. The van der Waals surface area contributed by atoms with E-state index < -0.39 is 17.6 Å². The van der Waals surface area contributed by atoms with Gasteiger partial charge in [0.2, 0.25) is 0 Å². The molecule has 0 saturated carbocycles. The van der Waals surface area contributed by atoms with Crippen molar-refractivity contribution in [1.29, 1.82) is 0 Å². The minimum atomic E-state index is -2.69. The van der Waals surface area contributed by atoms with E-state index in [1.807, 2.05) is 4.90 Å². The SMILES string of the molecule is CN1CC(F)(F)C[C@H]1COc1nc(Cl)cc(N2CCC[C@@](C)(O)C2)n1. The van der Waals surface area contributed by atoms with E-state index in [-0.39, 0.29) is 30.7 Å². The predicted molar refractivity (Wildman–Crippen MR) is 90.6 cm³/mol. The van der Waals surface area contributed by atoms with Gasteiger partial charge in [0.1, 0.15) is 17.6 Å². The van der Waals surface area contributed by atoms with E-state index in [1.165, 1.54) is 0 Å². The molecule has 0 spiro atoms. The summed E-state index contributed by atoms with van der Waals surface area (Å²) in [5.41, 5.74) is -0.783. The van der Waals surface area contributed by atoms with Gasteiger partial charge in [-0.05, 0) is 26.8 Å². The second-order valence-electron chi connectivity index (χ2n) is 7.29. The van der Waals surface area contributed by atoms with Gasteiger partial charge in [-0.3, -0.25) is 4.90 Å². The molecule has 25 heavy (non-hydrogen) atoms. The Morgan fingerprint density at radius 1 is 1.40 bits per heavy atom. The maximum atomic E-state index is 13.4. The first-order valence-electron chi connectivity index (χ1n) is 8.36. The summed E-state index contributed by atoms with van der Waals surface area (Å²) in [5.74, 6) is -2.12. The Kier molecular flexibility index (Phi) is 5.05. The number of hydrogen-bond donors (Lipinski definition) is 1. The maximum Gasteiger partial charge on any atom is 0.319 e. The number of alkyl halides is 2. The van der Waals surface area contributed by atoms with Crippen molar-refractivity contribution in [3.63, 3.8) is 0 Å². The van der Waals surface area contributed by atoms with Crippen molar-refractivity contribution in [3.8, 4) is 6.01 Å². The van der Waals surface area contributed by atoms with Crippen LogP contribution in [0.25, 0.3) is 0 Å². The molecule has 0 aromatic carbocycles. The molecule has 2 saturated heterocycles. The Hall–Kier alpha value is -1.25. The van der Waals surface area contributed by atoms with E-state index in [0.29, 0.717) is 12.4 Å². The highest BCUT2D eigenvalue weighted by Gasteiger charge is 2.43. The van der Waals surface area contributed by atoms with Crippen LogP contribution in [-0.4, -0.2) is 70.8 Å². The van der Waals surface area contributed by atoms with Crippen LogP contribution in [0.3, 0.4) is 0 Å². The van der Waals surface area contributed by atoms with Gasteiger partial charge in [0.15, 0.2) is 0 Å². The molecule has 1 aromatic rings. The zero-order valence-electron chi connectivity index (χ0n) is 14.4. The molecule has 6 nitrogen and oxygen atoms in total. The van der Waals surface area contributed by atoms with E-state index >= 15 is 0 Å². The largest absolute Gasteiger partial charge is 0.462 e. The van der Waals surface area contributed by atoms with Crippen LogP contribution in [0.4, 0.5) is 14.6 Å². The summed E-state index contributed by atoms with van der Waals surface area (Å²) in [4.78, 5) is 11.9. The summed E-state index contributed by atoms with van der Waals surface area (Å²) in [6, 6.07) is 1.29. The van der Waals surface area contributed by atoms with Crippen LogP contribution in [0, 0.1) is 0 Å². The van der Waals surface area contributed by atoms with Crippen molar-refractivity contribution in [1.82, 2.24) is 14.9 Å². The molecule has 140 valence electrons. The lowest BCUT2D eigenvalue weighted by atomic mass is 9.95. The molecule has 0 amide bonds. The lowest BCUT2D eigenvalue weighted by Gasteiger charge is -2.37. The van der Waals surface area contributed by atoms with Crippen molar-refractivity contribution in [2.45, 2.75) is 43.8 Å². The number of β-amino-alcohol motifs (C(OH)–C–C–N with tert-alkyl or cyclic N) is 1. The molecule has 9 heteroatoms. The molecule has 1 N–H and O–H groups in total. The zero-order valence-corrected chi connectivity index (χ0v) is 15.1. The van der Waals surface area contributed by atoms with Crippen LogP contribution < -0.4 is 9.64 Å². The first kappa shape index (κ1) is 18.5. The molecule has 0 unspecified atom stereocenters. The molecule has 2 fully saturated rings. The fourth-order valence-electron chi connectivity index (χ4n) is 3.44. The van der Waals surface area contributed by atoms with Crippen molar-refractivity contribution < 1.29 is 18.6 Å². The molecule has 2 aliphatic rings. The van der Waals surface area contributed by atoms with E-state index in [0.717, 1.165) is 19.4 Å². The molecule has 1 aromatic heterocycles. The summed E-state index contributed by atoms with van der Waals surface area (Å²) >= 11 is 6.06. The van der Waals surface area contributed by atoms with E-state index in [2.05, 4.69) is 9.97 Å². The molecule has 2 aliphatic heterocycles. The lowest BCUT2D eigenvalue weighted by Crippen LogP contribution is -2.46. The fraction of sp³-hybridized carbons (Fsp3) is 0.750. The third-order valence-corrected chi connectivity index (χ3v) is 4.90. The molecule has 3 rings (SSSR count). The summed E-state index contributed by atoms with van der Waals surface area (Å²) in [6.45, 7) is 2.78. The fourth-order valence-corrected chi connectivity index (χ4v) is 3.61. The van der Waals surface area contributed by atoms with Gasteiger partial charge in [-0.1, -0.05) is 11.6 Å². The number of nitrogens with zero attached hydrogens (tertiary/aromatic N) is 4. The van der Waals surface area contributed by atoms with E-state index in [1.54, 1.807) is 24.9 Å². The van der Waals surface area contributed by atoms with Gasteiger partial charge >= 0.3 is 6.01 Å². The number of aromatic nitrogens is 2. The Bertz CT molecular complexity index is 632. The monoisotopic (exact) mass is 376 g/mol. The smallest absolute Gasteiger partial charge is 0.319 e. The molecule has 0 aliphatic carbocycles. The number of ether oxygens (including phenoxy) is 1. The number of aliphatic hydroxyl groups is 1. The average Bonchev–Trinajstić information content (AvgIpc) is 2.76. The topological polar surface area (TPSA) is 61.7 Å². The number of rotatable bonds is 4. The Morgan fingerprint density at radius 2 is 2.16 bits per heavy atom. The highest BCUT2D eigenvalue weighted by atomic mass is 35.5. The second kappa shape index (κ2) is 6.81. The first-order valence-corrected chi connectivity index (χ1v) is 8.74. The molecule has 2 atom stereocenters. The van der Waals surface area contributed by atoms with Gasteiger partial charge in [0.05, 0.1) is 12.1 Å². The lowest BCUT2D eigenvalue weighted by molar-refractivity contribution is 0.0136. The summed E-state index contributed by atoms with van der Waals surface area (Å²) < 4.78 is 32.4. The number of piperidine rings is 1. The van der Waals surface area contributed by atoms with Crippen molar-refractivity contribution in [3.05, 3.63) is 11.2 Å². The van der Waals surface area contributed by atoms with E-state index in [9.17, 15) is 13.9 Å². The van der Waals surface area contributed by atoms with Gasteiger partial charge in [0, 0.05) is 31.6 Å². The van der Waals surface area contributed by atoms with Crippen molar-refractivity contribution in [2.75, 3.05) is 38.2 Å². The van der Waals surface area contributed by atoms with Gasteiger partial charge in [-0.15, -0.1) is 0 Å². The Labute approximate surface area is 150 Å². The maximum absolute atomic E-state index is 13.4. The number of halogens is 3. The van der Waals surface area contributed by atoms with E-state index in [4.69, 9.17) is 16.3 Å². The van der Waals surface area contributed by atoms with Gasteiger partial charge in [0.25, 0.3) is 5.92 Å². The molecule has 0 radical (unpaired) electrons. The van der Waals surface area contributed by atoms with Crippen LogP contribution in [0.5, 0.6) is 6.01 Å². The number of likely N-dealkylation sites (N-methyl/N-ethyl adjacent to an activating group) is 1. The average molecular weight is 377 g/mol. The highest BCUT2D eigenvalue weighted by Crippen LogP contribution is 2.31. The number of anilines is 1.